The van der Waals surface area contributed by atoms with Crippen molar-refractivity contribution in [3.05, 3.63) is 93.8 Å². The van der Waals surface area contributed by atoms with Gasteiger partial charge in [0.25, 0.3) is 5.91 Å². The normalized spacial score (nSPS) is 13.6. The molecule has 3 aromatic carbocycles. The molecule has 0 spiro atoms. The monoisotopic (exact) mass is 501 g/mol. The summed E-state index contributed by atoms with van der Waals surface area (Å²) in [4.78, 5) is 41.1. The summed E-state index contributed by atoms with van der Waals surface area (Å²) in [5.74, 6) is -0.245. The molecule has 1 saturated heterocycles. The number of piperazine rings is 1. The Morgan fingerprint density at radius 1 is 0.917 bits per heavy atom. The topological polar surface area (TPSA) is 82.9 Å². The standard InChI is InChI=1S/C28H24ClN3O4/c1-18(33)31-11-13-32(14-12-31)25-10-9-22(17-24(25)29)30-27(34)21-7-4-6-19(15-21)23-16-20-5-2-3-8-26(20)36-28(23)35/h2-10,15-17H,11-14H2,1H3,(H,30,34). The molecule has 182 valence electrons. The van der Waals surface area contributed by atoms with E-state index in [0.29, 0.717) is 59.2 Å². The predicted octanol–water partition coefficient (Wildman–Crippen LogP) is 5.03. The number of fused-ring (bicyclic) bond motifs is 1. The van der Waals surface area contributed by atoms with Gasteiger partial charge in [0.05, 0.1) is 16.3 Å². The van der Waals surface area contributed by atoms with Crippen LogP contribution in [0.1, 0.15) is 17.3 Å². The second-order valence-electron chi connectivity index (χ2n) is 8.68. The SMILES string of the molecule is CC(=O)N1CCN(c2ccc(NC(=O)c3cccc(-c4cc5ccccc5oc4=O)c3)cc2Cl)CC1. The number of hydrogen-bond donors (Lipinski definition) is 1. The van der Waals surface area contributed by atoms with Gasteiger partial charge in [0.2, 0.25) is 5.91 Å². The van der Waals surface area contributed by atoms with E-state index in [1.165, 1.54) is 0 Å². The zero-order valence-electron chi connectivity index (χ0n) is 19.7. The number of nitrogens with zero attached hydrogens (tertiary/aromatic N) is 2. The van der Waals surface area contributed by atoms with Crippen LogP contribution in [0.2, 0.25) is 5.02 Å². The second kappa shape index (κ2) is 9.87. The van der Waals surface area contributed by atoms with Gasteiger partial charge in [-0.2, -0.15) is 0 Å². The Hall–Kier alpha value is -4.10. The number of halogens is 1. The van der Waals surface area contributed by atoms with Crippen LogP contribution in [-0.2, 0) is 4.79 Å². The van der Waals surface area contributed by atoms with Crippen LogP contribution >= 0.6 is 11.6 Å². The summed E-state index contributed by atoms with van der Waals surface area (Å²) in [5.41, 5.74) is 2.87. The number of carbonyl (C=O) groups is 2. The molecule has 0 aliphatic carbocycles. The summed E-state index contributed by atoms with van der Waals surface area (Å²) in [6, 6.07) is 21.3. The molecule has 2 amide bonds. The van der Waals surface area contributed by atoms with E-state index in [-0.39, 0.29) is 11.8 Å². The van der Waals surface area contributed by atoms with Crippen molar-refractivity contribution in [3.8, 4) is 11.1 Å². The third-order valence-corrected chi connectivity index (χ3v) is 6.65. The first-order chi connectivity index (χ1) is 17.4. The Morgan fingerprint density at radius 2 is 1.69 bits per heavy atom. The van der Waals surface area contributed by atoms with E-state index in [0.717, 1.165) is 11.1 Å². The van der Waals surface area contributed by atoms with E-state index in [9.17, 15) is 14.4 Å². The minimum absolute atomic E-state index is 0.0735. The van der Waals surface area contributed by atoms with Crippen LogP contribution in [0.25, 0.3) is 22.1 Å². The molecule has 7 nitrogen and oxygen atoms in total. The van der Waals surface area contributed by atoms with Crippen molar-refractivity contribution in [2.45, 2.75) is 6.92 Å². The van der Waals surface area contributed by atoms with Crippen molar-refractivity contribution in [1.82, 2.24) is 4.90 Å². The molecule has 0 atom stereocenters. The fourth-order valence-electron chi connectivity index (χ4n) is 4.40. The number of nitrogens with one attached hydrogen (secondary N) is 1. The Labute approximate surface area is 212 Å². The van der Waals surface area contributed by atoms with Crippen LogP contribution in [0.3, 0.4) is 0 Å². The summed E-state index contributed by atoms with van der Waals surface area (Å²) in [7, 11) is 0. The summed E-state index contributed by atoms with van der Waals surface area (Å²) in [6.45, 7) is 4.26. The molecule has 1 aliphatic heterocycles. The zero-order chi connectivity index (χ0) is 25.2. The Kier molecular flexibility index (Phi) is 6.48. The van der Waals surface area contributed by atoms with Crippen molar-refractivity contribution in [2.24, 2.45) is 0 Å². The highest BCUT2D eigenvalue weighted by Gasteiger charge is 2.20. The van der Waals surface area contributed by atoms with E-state index < -0.39 is 5.63 Å². The highest BCUT2D eigenvalue weighted by atomic mass is 35.5. The lowest BCUT2D eigenvalue weighted by Gasteiger charge is -2.36. The van der Waals surface area contributed by atoms with Gasteiger partial charge in [0.1, 0.15) is 5.58 Å². The molecule has 0 radical (unpaired) electrons. The molecule has 4 aromatic rings. The average molecular weight is 502 g/mol. The molecule has 0 bridgehead atoms. The van der Waals surface area contributed by atoms with Gasteiger partial charge in [-0.25, -0.2) is 4.79 Å². The molecule has 1 aliphatic rings. The molecule has 2 heterocycles. The molecule has 5 rings (SSSR count). The van der Waals surface area contributed by atoms with Crippen LogP contribution in [0.4, 0.5) is 11.4 Å². The van der Waals surface area contributed by atoms with Crippen LogP contribution in [0, 0.1) is 0 Å². The van der Waals surface area contributed by atoms with E-state index >= 15 is 0 Å². The maximum absolute atomic E-state index is 13.0. The van der Waals surface area contributed by atoms with Gasteiger partial charge in [-0.1, -0.05) is 41.9 Å². The molecule has 36 heavy (non-hydrogen) atoms. The third kappa shape index (κ3) is 4.83. The summed E-state index contributed by atoms with van der Waals surface area (Å²) >= 11 is 6.54. The number of amides is 2. The molecular weight excluding hydrogens is 478 g/mol. The lowest BCUT2D eigenvalue weighted by atomic mass is 10.0. The quantitative estimate of drug-likeness (QED) is 0.396. The van der Waals surface area contributed by atoms with Gasteiger partial charge in [-0.3, -0.25) is 9.59 Å². The maximum Gasteiger partial charge on any atom is 0.344 e. The number of para-hydroxylation sites is 1. The average Bonchev–Trinajstić information content (AvgIpc) is 2.88. The van der Waals surface area contributed by atoms with E-state index in [2.05, 4.69) is 10.2 Å². The van der Waals surface area contributed by atoms with Gasteiger partial charge in [-0.15, -0.1) is 0 Å². The Balaban J connectivity index is 1.33. The number of anilines is 2. The first kappa shape index (κ1) is 23.6. The Morgan fingerprint density at radius 3 is 2.44 bits per heavy atom. The molecule has 1 aromatic heterocycles. The molecular formula is C28H24ClN3O4. The fourth-order valence-corrected chi connectivity index (χ4v) is 4.70. The van der Waals surface area contributed by atoms with Crippen molar-refractivity contribution in [1.29, 1.82) is 0 Å². The van der Waals surface area contributed by atoms with E-state index in [1.807, 2.05) is 29.2 Å². The van der Waals surface area contributed by atoms with Gasteiger partial charge < -0.3 is 19.5 Å². The number of rotatable bonds is 4. The predicted molar refractivity (Wildman–Crippen MR) is 142 cm³/mol. The second-order valence-corrected chi connectivity index (χ2v) is 9.09. The Bertz CT molecular complexity index is 1520. The fraction of sp³-hybridized carbons (Fsp3) is 0.179. The van der Waals surface area contributed by atoms with Crippen molar-refractivity contribution < 1.29 is 14.0 Å². The van der Waals surface area contributed by atoms with E-state index in [4.69, 9.17) is 16.0 Å². The number of benzene rings is 3. The third-order valence-electron chi connectivity index (χ3n) is 6.35. The van der Waals surface area contributed by atoms with Crippen LogP contribution in [0.15, 0.2) is 82.0 Å². The van der Waals surface area contributed by atoms with Crippen LogP contribution in [-0.4, -0.2) is 42.9 Å². The van der Waals surface area contributed by atoms with Crippen LogP contribution < -0.4 is 15.8 Å². The zero-order valence-corrected chi connectivity index (χ0v) is 20.4. The summed E-state index contributed by atoms with van der Waals surface area (Å²) < 4.78 is 5.44. The van der Waals surface area contributed by atoms with Crippen molar-refractivity contribution >= 4 is 45.8 Å². The van der Waals surface area contributed by atoms with Crippen molar-refractivity contribution in [2.75, 3.05) is 36.4 Å². The first-order valence-corrected chi connectivity index (χ1v) is 12.0. The van der Waals surface area contributed by atoms with Gasteiger partial charge in [0.15, 0.2) is 0 Å². The van der Waals surface area contributed by atoms with Crippen molar-refractivity contribution in [3.63, 3.8) is 0 Å². The highest BCUT2D eigenvalue weighted by molar-refractivity contribution is 6.33. The minimum atomic E-state index is -0.460. The van der Waals surface area contributed by atoms with E-state index in [1.54, 1.807) is 55.5 Å². The molecule has 0 saturated carbocycles. The summed E-state index contributed by atoms with van der Waals surface area (Å²) in [6.07, 6.45) is 0. The van der Waals surface area contributed by atoms with Gasteiger partial charge >= 0.3 is 5.63 Å². The molecule has 1 N–H and O–H groups in total. The van der Waals surface area contributed by atoms with Gasteiger partial charge in [0, 0.05) is 49.7 Å². The molecule has 8 heteroatoms. The molecule has 0 unspecified atom stereocenters. The maximum atomic E-state index is 13.0. The lowest BCUT2D eigenvalue weighted by Crippen LogP contribution is -2.48. The summed E-state index contributed by atoms with van der Waals surface area (Å²) in [5, 5.41) is 4.20. The van der Waals surface area contributed by atoms with Gasteiger partial charge in [-0.05, 0) is 48.0 Å². The largest absolute Gasteiger partial charge is 0.422 e. The molecule has 1 fully saturated rings. The lowest BCUT2D eigenvalue weighted by molar-refractivity contribution is -0.129. The highest BCUT2D eigenvalue weighted by Crippen LogP contribution is 2.30. The smallest absolute Gasteiger partial charge is 0.344 e. The number of hydrogen-bond acceptors (Lipinski definition) is 5. The number of carbonyl (C=O) groups excluding carboxylic acids is 2. The minimum Gasteiger partial charge on any atom is -0.422 e. The first-order valence-electron chi connectivity index (χ1n) is 11.6. The van der Waals surface area contributed by atoms with Crippen LogP contribution in [0.5, 0.6) is 0 Å².